The summed E-state index contributed by atoms with van der Waals surface area (Å²) in [5.41, 5.74) is 4.30. The van der Waals surface area contributed by atoms with Crippen LogP contribution in [0, 0.1) is 0 Å². The fourth-order valence-electron chi connectivity index (χ4n) is 2.94. The first-order valence-corrected chi connectivity index (χ1v) is 13.1. The van der Waals surface area contributed by atoms with Gasteiger partial charge in [-0.1, -0.05) is 100 Å². The molecule has 0 aliphatic heterocycles. The fourth-order valence-corrected chi connectivity index (χ4v) is 5.31. The molecule has 0 aromatic heterocycles. The molecule has 0 fully saturated rings. The summed E-state index contributed by atoms with van der Waals surface area (Å²) in [5.74, 6) is 3.35. The Morgan fingerprint density at radius 3 is 1.00 bits per heavy atom. The standard InChI is InChI=1S/C22H18Br4O2/c23-11-17-19(13-25)22(28-16-9-5-2-6-10-16)20(14-26)18(12-24)21(17)27-15-7-3-1-4-8-15/h1-10H,11-14H2. The second-order valence-electron chi connectivity index (χ2n) is 5.94. The van der Waals surface area contributed by atoms with Gasteiger partial charge in [-0.3, -0.25) is 0 Å². The summed E-state index contributed by atoms with van der Waals surface area (Å²) in [7, 11) is 0. The van der Waals surface area contributed by atoms with Gasteiger partial charge in [0.25, 0.3) is 0 Å². The first-order chi connectivity index (χ1) is 13.7. The fraction of sp³-hybridized carbons (Fsp3) is 0.182. The van der Waals surface area contributed by atoms with Crippen molar-refractivity contribution in [2.45, 2.75) is 21.3 Å². The van der Waals surface area contributed by atoms with Gasteiger partial charge >= 0.3 is 0 Å². The Labute approximate surface area is 199 Å². The Balaban J connectivity index is 2.20. The van der Waals surface area contributed by atoms with Crippen molar-refractivity contribution in [3.8, 4) is 23.0 Å². The van der Waals surface area contributed by atoms with Gasteiger partial charge in [0.1, 0.15) is 23.0 Å². The third kappa shape index (κ3) is 4.84. The van der Waals surface area contributed by atoms with Crippen LogP contribution in [-0.2, 0) is 21.3 Å². The summed E-state index contributed by atoms with van der Waals surface area (Å²) >= 11 is 14.6. The van der Waals surface area contributed by atoms with Crippen LogP contribution in [0.15, 0.2) is 60.7 Å². The zero-order chi connectivity index (χ0) is 19.9. The molecular weight excluding hydrogens is 616 g/mol. The molecule has 0 radical (unpaired) electrons. The normalized spacial score (nSPS) is 10.7. The molecule has 0 unspecified atom stereocenters. The summed E-state index contributed by atoms with van der Waals surface area (Å²) < 4.78 is 12.7. The van der Waals surface area contributed by atoms with Crippen molar-refractivity contribution < 1.29 is 9.47 Å². The van der Waals surface area contributed by atoms with Gasteiger partial charge in [0.15, 0.2) is 0 Å². The van der Waals surface area contributed by atoms with Crippen molar-refractivity contribution in [1.82, 2.24) is 0 Å². The molecule has 0 aliphatic carbocycles. The van der Waals surface area contributed by atoms with E-state index in [1.54, 1.807) is 0 Å². The first kappa shape index (κ1) is 21.9. The highest BCUT2D eigenvalue weighted by Crippen LogP contribution is 2.46. The highest BCUT2D eigenvalue weighted by Gasteiger charge is 2.25. The Kier molecular flexibility index (Phi) is 8.45. The van der Waals surface area contributed by atoms with Gasteiger partial charge in [-0.2, -0.15) is 0 Å². The predicted molar refractivity (Wildman–Crippen MR) is 130 cm³/mol. The van der Waals surface area contributed by atoms with Crippen LogP contribution in [0.3, 0.4) is 0 Å². The number of alkyl halides is 4. The highest BCUT2D eigenvalue weighted by atomic mass is 79.9. The third-order valence-electron chi connectivity index (χ3n) is 4.29. The number of benzene rings is 3. The molecule has 3 rings (SSSR count). The van der Waals surface area contributed by atoms with Crippen molar-refractivity contribution in [3.63, 3.8) is 0 Å². The van der Waals surface area contributed by atoms with Crippen LogP contribution in [0.5, 0.6) is 23.0 Å². The largest absolute Gasteiger partial charge is 0.457 e. The average Bonchev–Trinajstić information content (AvgIpc) is 2.75. The average molecular weight is 634 g/mol. The molecule has 0 heterocycles. The minimum atomic E-state index is 0.657. The summed E-state index contributed by atoms with van der Waals surface area (Å²) in [6.07, 6.45) is 0. The molecule has 3 aromatic rings. The summed E-state index contributed by atoms with van der Waals surface area (Å²) in [6.45, 7) is 0. The lowest BCUT2D eigenvalue weighted by molar-refractivity contribution is 0.455. The van der Waals surface area contributed by atoms with Crippen LogP contribution in [0.2, 0.25) is 0 Å². The quantitative estimate of drug-likeness (QED) is 0.231. The molecule has 28 heavy (non-hydrogen) atoms. The lowest BCUT2D eigenvalue weighted by Crippen LogP contribution is -2.06. The van der Waals surface area contributed by atoms with Crippen molar-refractivity contribution >= 4 is 63.7 Å². The number of halogens is 4. The molecule has 0 bridgehead atoms. The molecule has 0 saturated carbocycles. The van der Waals surface area contributed by atoms with Gasteiger partial charge in [-0.05, 0) is 24.3 Å². The van der Waals surface area contributed by atoms with E-state index in [0.29, 0.717) is 21.3 Å². The Morgan fingerprint density at radius 2 is 0.750 bits per heavy atom. The van der Waals surface area contributed by atoms with Gasteiger partial charge in [-0.25, -0.2) is 0 Å². The van der Waals surface area contributed by atoms with Crippen LogP contribution in [0.1, 0.15) is 22.3 Å². The second-order valence-corrected chi connectivity index (χ2v) is 8.18. The minimum absolute atomic E-state index is 0.657. The van der Waals surface area contributed by atoms with Gasteiger partial charge in [0.05, 0.1) is 0 Å². The van der Waals surface area contributed by atoms with Crippen molar-refractivity contribution in [2.75, 3.05) is 0 Å². The summed E-state index contributed by atoms with van der Waals surface area (Å²) in [6, 6.07) is 19.7. The first-order valence-electron chi connectivity index (χ1n) is 8.62. The molecule has 0 N–H and O–H groups in total. The lowest BCUT2D eigenvalue weighted by Gasteiger charge is -2.24. The second kappa shape index (κ2) is 10.8. The maximum Gasteiger partial charge on any atom is 0.136 e. The number of rotatable bonds is 8. The summed E-state index contributed by atoms with van der Waals surface area (Å²) in [4.78, 5) is 0. The third-order valence-corrected chi connectivity index (χ3v) is 6.53. The maximum atomic E-state index is 6.36. The molecule has 146 valence electrons. The van der Waals surface area contributed by atoms with E-state index in [0.717, 1.165) is 45.3 Å². The van der Waals surface area contributed by atoms with E-state index < -0.39 is 0 Å². The highest BCUT2D eigenvalue weighted by molar-refractivity contribution is 9.09. The predicted octanol–water partition coefficient (Wildman–Crippen LogP) is 8.85. The maximum absolute atomic E-state index is 6.36. The molecule has 2 nitrogen and oxygen atoms in total. The van der Waals surface area contributed by atoms with E-state index in [9.17, 15) is 0 Å². The Bertz CT molecular complexity index is 805. The Morgan fingerprint density at radius 1 is 0.464 bits per heavy atom. The molecule has 0 aliphatic rings. The van der Waals surface area contributed by atoms with Crippen LogP contribution in [-0.4, -0.2) is 0 Å². The smallest absolute Gasteiger partial charge is 0.136 e. The van der Waals surface area contributed by atoms with Crippen LogP contribution < -0.4 is 9.47 Å². The molecule has 3 aromatic carbocycles. The molecular formula is C22H18Br4O2. The molecule has 6 heteroatoms. The number of hydrogen-bond acceptors (Lipinski definition) is 2. The van der Waals surface area contributed by atoms with E-state index in [1.807, 2.05) is 60.7 Å². The SMILES string of the molecule is BrCc1c(CBr)c(Oc2ccccc2)c(CBr)c(CBr)c1Oc1ccccc1. The monoisotopic (exact) mass is 630 g/mol. The molecule has 0 spiro atoms. The number of para-hydroxylation sites is 2. The topological polar surface area (TPSA) is 18.5 Å². The molecule has 0 atom stereocenters. The van der Waals surface area contributed by atoms with Crippen molar-refractivity contribution in [2.24, 2.45) is 0 Å². The number of ether oxygens (including phenoxy) is 2. The minimum Gasteiger partial charge on any atom is -0.457 e. The van der Waals surface area contributed by atoms with Gasteiger partial charge in [0, 0.05) is 43.6 Å². The zero-order valence-electron chi connectivity index (χ0n) is 14.9. The van der Waals surface area contributed by atoms with Crippen molar-refractivity contribution in [1.29, 1.82) is 0 Å². The van der Waals surface area contributed by atoms with E-state index in [-0.39, 0.29) is 0 Å². The van der Waals surface area contributed by atoms with E-state index in [2.05, 4.69) is 63.7 Å². The van der Waals surface area contributed by atoms with E-state index in [1.165, 1.54) is 0 Å². The van der Waals surface area contributed by atoms with Crippen molar-refractivity contribution in [3.05, 3.63) is 82.9 Å². The number of hydrogen-bond donors (Lipinski definition) is 0. The molecule has 0 saturated heterocycles. The zero-order valence-corrected chi connectivity index (χ0v) is 21.3. The van der Waals surface area contributed by atoms with E-state index >= 15 is 0 Å². The van der Waals surface area contributed by atoms with Gasteiger partial charge in [0.2, 0.25) is 0 Å². The lowest BCUT2D eigenvalue weighted by atomic mass is 9.98. The van der Waals surface area contributed by atoms with Crippen LogP contribution in [0.4, 0.5) is 0 Å². The van der Waals surface area contributed by atoms with Crippen LogP contribution in [0.25, 0.3) is 0 Å². The van der Waals surface area contributed by atoms with E-state index in [4.69, 9.17) is 9.47 Å². The van der Waals surface area contributed by atoms with Crippen LogP contribution >= 0.6 is 63.7 Å². The van der Waals surface area contributed by atoms with Gasteiger partial charge < -0.3 is 9.47 Å². The summed E-state index contributed by atoms with van der Waals surface area (Å²) in [5, 5.41) is 2.63. The Hall–Kier alpha value is -0.820. The van der Waals surface area contributed by atoms with Gasteiger partial charge in [-0.15, -0.1) is 0 Å². The molecule has 0 amide bonds.